The zero-order chi connectivity index (χ0) is 24.5. The molecule has 1 saturated heterocycles. The molecule has 11 nitrogen and oxygen atoms in total. The van der Waals surface area contributed by atoms with E-state index in [0.29, 0.717) is 23.4 Å². The highest BCUT2D eigenvalue weighted by Crippen LogP contribution is 2.29. The Kier molecular flexibility index (Phi) is 6.05. The predicted molar refractivity (Wildman–Crippen MR) is 119 cm³/mol. The summed E-state index contributed by atoms with van der Waals surface area (Å²) in [6, 6.07) is 4.85. The molecule has 2 aliphatic rings. The fraction of sp³-hybridized carbons (Fsp3) is 0.190. The first kappa shape index (κ1) is 22.7. The number of benzene rings is 1. The minimum Gasteiger partial charge on any atom is -0.460 e. The van der Waals surface area contributed by atoms with Crippen molar-refractivity contribution in [2.45, 2.75) is 24.0 Å². The van der Waals surface area contributed by atoms with Crippen LogP contribution in [0.4, 0.5) is 8.78 Å². The number of cyclic esters (lactones) is 1. The number of nitrogens with zero attached hydrogens (tertiary/aromatic N) is 6. The molecule has 5 rings (SSSR count). The summed E-state index contributed by atoms with van der Waals surface area (Å²) in [4.78, 5) is 33.8. The van der Waals surface area contributed by atoms with Crippen LogP contribution in [-0.2, 0) is 9.53 Å². The number of carbonyl (C=O) groups is 2. The van der Waals surface area contributed by atoms with Gasteiger partial charge < -0.3 is 14.0 Å². The minimum atomic E-state index is -3.14. The number of esters is 1. The third-order valence-electron chi connectivity index (χ3n) is 5.20. The average molecular weight is 501 g/mol. The zero-order valence-corrected chi connectivity index (χ0v) is 18.4. The Bertz CT molecular complexity index is 1440. The van der Waals surface area contributed by atoms with E-state index in [9.17, 15) is 22.9 Å². The number of aromatic nitrogens is 3. The lowest BCUT2D eigenvalue weighted by atomic mass is 10.1. The van der Waals surface area contributed by atoms with Crippen LogP contribution < -0.4 is 4.74 Å². The van der Waals surface area contributed by atoms with E-state index in [1.807, 2.05) is 0 Å². The summed E-state index contributed by atoms with van der Waals surface area (Å²) in [6.45, 7) is -2.95. The molecule has 1 N–H and O–H groups in total. The molecule has 1 aromatic carbocycles. The average Bonchev–Trinajstić information content (AvgIpc) is 3.57. The predicted octanol–water partition coefficient (Wildman–Crippen LogP) is 2.29. The van der Waals surface area contributed by atoms with Gasteiger partial charge in [0.2, 0.25) is 6.21 Å². The fourth-order valence-corrected chi connectivity index (χ4v) is 3.94. The fourth-order valence-electron chi connectivity index (χ4n) is 3.64. The molecule has 4 heterocycles. The van der Waals surface area contributed by atoms with Gasteiger partial charge in [0.1, 0.15) is 11.3 Å². The van der Waals surface area contributed by atoms with Crippen LogP contribution in [0.3, 0.4) is 0 Å². The van der Waals surface area contributed by atoms with Crippen molar-refractivity contribution in [3.05, 3.63) is 54.0 Å². The smallest absolute Gasteiger partial charge is 0.387 e. The van der Waals surface area contributed by atoms with E-state index in [-0.39, 0.29) is 40.6 Å². The molecule has 0 spiro atoms. The highest BCUT2D eigenvalue weighted by Gasteiger charge is 2.42. The Balaban J connectivity index is 1.62. The van der Waals surface area contributed by atoms with Gasteiger partial charge in [0.15, 0.2) is 17.1 Å². The van der Waals surface area contributed by atoms with Crippen molar-refractivity contribution in [3.8, 4) is 5.75 Å². The van der Waals surface area contributed by atoms with Gasteiger partial charge in [-0.15, -0.1) is 0 Å². The van der Waals surface area contributed by atoms with Gasteiger partial charge in [0.05, 0.1) is 24.8 Å². The van der Waals surface area contributed by atoms with Crippen LogP contribution in [0.15, 0.2) is 57.8 Å². The first-order valence-corrected chi connectivity index (χ1v) is 10.9. The lowest BCUT2D eigenvalue weighted by molar-refractivity contribution is -0.549. The maximum Gasteiger partial charge on any atom is 0.387 e. The Morgan fingerprint density at radius 1 is 1.40 bits per heavy atom. The molecule has 0 radical (unpaired) electrons. The van der Waals surface area contributed by atoms with E-state index in [2.05, 4.69) is 24.9 Å². The molecule has 0 aliphatic carbocycles. The number of hydrogen-bond acceptors (Lipinski definition) is 9. The van der Waals surface area contributed by atoms with Crippen molar-refractivity contribution < 1.29 is 37.1 Å². The minimum absolute atomic E-state index is 0.00552. The number of rotatable bonds is 6. The van der Waals surface area contributed by atoms with Crippen LogP contribution in [0.1, 0.15) is 22.3 Å². The van der Waals surface area contributed by atoms with Crippen LogP contribution in [-0.4, -0.2) is 72.6 Å². The van der Waals surface area contributed by atoms with E-state index in [4.69, 9.17) is 4.74 Å². The number of amides is 1. The number of alkyl halides is 2. The lowest BCUT2D eigenvalue weighted by Crippen LogP contribution is -2.26. The van der Waals surface area contributed by atoms with Gasteiger partial charge in [0.25, 0.3) is 11.9 Å². The number of halogens is 2. The molecule has 1 unspecified atom stereocenters. The first-order valence-electron chi connectivity index (χ1n) is 10.2. The maximum atomic E-state index is 13.1. The molecule has 1 amide bonds. The molecule has 0 bridgehead atoms. The summed E-state index contributed by atoms with van der Waals surface area (Å²) in [7, 11) is 0. The van der Waals surface area contributed by atoms with Crippen molar-refractivity contribution >= 4 is 47.2 Å². The normalized spacial score (nSPS) is 18.8. The Hall–Kier alpha value is -4.04. The van der Waals surface area contributed by atoms with Gasteiger partial charge in [-0.2, -0.15) is 13.9 Å². The zero-order valence-electron chi connectivity index (χ0n) is 17.6. The molecule has 14 heteroatoms. The molecule has 1 atom stereocenters. The van der Waals surface area contributed by atoms with Gasteiger partial charge in [-0.3, -0.25) is 4.79 Å². The Labute approximate surface area is 199 Å². The third kappa shape index (κ3) is 4.40. The van der Waals surface area contributed by atoms with Crippen LogP contribution in [0.25, 0.3) is 5.65 Å². The standard InChI is InChI=1S/C21H14F2N6O5S/c22-21(23)34-16-3-2-11(35-32)8-12(16)17-14(10-29(27-17)15-4-7-33-20(15)31)26-19(30)13-9-25-28-6-1-5-24-18(13)28/h1-3,5-6,8-10,15,21H,4,7H2/p+1. The van der Waals surface area contributed by atoms with E-state index < -0.39 is 24.5 Å². The van der Waals surface area contributed by atoms with Crippen LogP contribution in [0.5, 0.6) is 5.75 Å². The second-order valence-corrected chi connectivity index (χ2v) is 7.96. The van der Waals surface area contributed by atoms with Crippen LogP contribution in [0.2, 0.25) is 0 Å². The van der Waals surface area contributed by atoms with E-state index in [0.717, 1.165) is 0 Å². The SMILES string of the molecule is O=C(N=C1C=[N+](C2CCOC2=O)N=C1c1cc(SO)ccc1OC(F)F)c1cnn2cccnc12. The van der Waals surface area contributed by atoms with Gasteiger partial charge in [-0.1, -0.05) is 4.68 Å². The summed E-state index contributed by atoms with van der Waals surface area (Å²) in [5.74, 6) is -1.48. The largest absolute Gasteiger partial charge is 0.460 e. The summed E-state index contributed by atoms with van der Waals surface area (Å²) < 4.78 is 48.0. The molecule has 0 saturated carbocycles. The molecule has 35 heavy (non-hydrogen) atoms. The van der Waals surface area contributed by atoms with Crippen molar-refractivity contribution in [3.63, 3.8) is 0 Å². The van der Waals surface area contributed by atoms with Gasteiger partial charge >= 0.3 is 12.6 Å². The van der Waals surface area contributed by atoms with Crippen molar-refractivity contribution in [1.82, 2.24) is 14.6 Å². The number of hydrogen-bond donors (Lipinski definition) is 1. The summed E-state index contributed by atoms with van der Waals surface area (Å²) in [5, 5.41) is 8.44. The number of fused-ring (bicyclic) bond motifs is 1. The highest BCUT2D eigenvalue weighted by atomic mass is 32.2. The quantitative estimate of drug-likeness (QED) is 0.309. The molecule has 2 aromatic heterocycles. The third-order valence-corrected chi connectivity index (χ3v) is 5.66. The van der Waals surface area contributed by atoms with Crippen LogP contribution >= 0.6 is 12.0 Å². The van der Waals surface area contributed by atoms with E-state index >= 15 is 0 Å². The molecule has 2 aliphatic heterocycles. The van der Waals surface area contributed by atoms with Crippen molar-refractivity contribution in [2.24, 2.45) is 10.1 Å². The monoisotopic (exact) mass is 501 g/mol. The van der Waals surface area contributed by atoms with Gasteiger partial charge in [0, 0.05) is 34.4 Å². The molecule has 3 aromatic rings. The molecule has 1 fully saturated rings. The molecular weight excluding hydrogens is 486 g/mol. The van der Waals surface area contributed by atoms with E-state index in [1.54, 1.807) is 12.3 Å². The van der Waals surface area contributed by atoms with Crippen molar-refractivity contribution in [1.29, 1.82) is 0 Å². The highest BCUT2D eigenvalue weighted by molar-refractivity contribution is 7.93. The topological polar surface area (TPSA) is 131 Å². The first-order chi connectivity index (χ1) is 16.9. The Morgan fingerprint density at radius 2 is 2.26 bits per heavy atom. The molecule has 178 valence electrons. The molecular formula is C21H15F2N6O5S+. The number of ether oxygens (including phenoxy) is 2. The lowest BCUT2D eigenvalue weighted by Gasteiger charge is -2.10. The summed E-state index contributed by atoms with van der Waals surface area (Å²) in [6.07, 6.45) is 6.10. The van der Waals surface area contributed by atoms with E-state index in [1.165, 1.54) is 46.0 Å². The number of carbonyl (C=O) groups excluding carboxylic acids is 2. The second kappa shape index (κ2) is 9.31. The van der Waals surface area contributed by atoms with Crippen molar-refractivity contribution in [2.75, 3.05) is 6.61 Å². The summed E-state index contributed by atoms with van der Waals surface area (Å²) in [5.41, 5.74) is 0.403. The van der Waals surface area contributed by atoms with Gasteiger partial charge in [-0.05, 0) is 24.3 Å². The van der Waals surface area contributed by atoms with Crippen LogP contribution in [0, 0.1) is 0 Å². The van der Waals surface area contributed by atoms with Gasteiger partial charge in [-0.25, -0.2) is 19.3 Å². The Morgan fingerprint density at radius 3 is 3.00 bits per heavy atom. The summed E-state index contributed by atoms with van der Waals surface area (Å²) >= 11 is 0.388. The maximum absolute atomic E-state index is 13.1. The second-order valence-electron chi connectivity index (χ2n) is 7.31. The number of hydrazone groups is 1. The number of aliphatic imine (C=N–C) groups is 1.